The van der Waals surface area contributed by atoms with E-state index in [1.165, 1.54) is 12.8 Å². The molecule has 0 atom stereocenters. The minimum atomic E-state index is 0.275. The molecule has 1 saturated heterocycles. The van der Waals surface area contributed by atoms with E-state index in [4.69, 9.17) is 9.47 Å². The normalized spacial score (nSPS) is 14.1. The Hall–Kier alpha value is -3.42. The number of ether oxygens (including phenoxy) is 2. The molecule has 0 radical (unpaired) electrons. The first-order valence-corrected chi connectivity index (χ1v) is 9.10. The molecular formula is C20H22N6O2. The molecule has 0 N–H and O–H groups in total. The lowest BCUT2D eigenvalue weighted by Gasteiger charge is -2.36. The second-order valence-electron chi connectivity index (χ2n) is 6.36. The smallest absolute Gasteiger partial charge is 0.319 e. The van der Waals surface area contributed by atoms with Crippen LogP contribution in [-0.4, -0.2) is 60.3 Å². The van der Waals surface area contributed by atoms with Crippen LogP contribution in [0.2, 0.25) is 0 Å². The van der Waals surface area contributed by atoms with Gasteiger partial charge >= 0.3 is 6.01 Å². The first-order valence-electron chi connectivity index (χ1n) is 9.10. The lowest BCUT2D eigenvalue weighted by Crippen LogP contribution is -2.46. The van der Waals surface area contributed by atoms with Crippen molar-refractivity contribution in [1.29, 1.82) is 0 Å². The second-order valence-corrected chi connectivity index (χ2v) is 6.36. The molecule has 0 aliphatic carbocycles. The third kappa shape index (κ3) is 3.66. The van der Waals surface area contributed by atoms with Crippen LogP contribution in [0.25, 0.3) is 11.1 Å². The van der Waals surface area contributed by atoms with Crippen molar-refractivity contribution in [3.05, 3.63) is 49.1 Å². The third-order valence-electron chi connectivity index (χ3n) is 4.80. The highest BCUT2D eigenvalue weighted by Gasteiger charge is 2.19. The summed E-state index contributed by atoms with van der Waals surface area (Å²) in [6, 6.07) is 8.42. The van der Waals surface area contributed by atoms with E-state index in [2.05, 4.69) is 29.7 Å². The summed E-state index contributed by atoms with van der Waals surface area (Å²) in [4.78, 5) is 21.8. The van der Waals surface area contributed by atoms with Gasteiger partial charge in [0, 0.05) is 62.2 Å². The van der Waals surface area contributed by atoms with Crippen molar-refractivity contribution in [3.8, 4) is 23.0 Å². The van der Waals surface area contributed by atoms with Crippen molar-refractivity contribution in [1.82, 2.24) is 19.9 Å². The molecule has 3 aromatic rings. The number of hydrogen-bond donors (Lipinski definition) is 0. The fourth-order valence-corrected chi connectivity index (χ4v) is 3.28. The average molecular weight is 378 g/mol. The predicted octanol–water partition coefficient (Wildman–Crippen LogP) is 2.28. The van der Waals surface area contributed by atoms with E-state index in [9.17, 15) is 0 Å². The van der Waals surface area contributed by atoms with Crippen LogP contribution in [0.4, 0.5) is 11.5 Å². The van der Waals surface area contributed by atoms with Crippen molar-refractivity contribution >= 4 is 11.5 Å². The Morgan fingerprint density at radius 2 is 1.57 bits per heavy atom. The Morgan fingerprint density at radius 1 is 0.821 bits per heavy atom. The van der Waals surface area contributed by atoms with Gasteiger partial charge in [0.1, 0.15) is 5.82 Å². The Kier molecular flexibility index (Phi) is 5.18. The SMILES string of the molecule is COc1ncc(-c2ccc(N3CCN(c4ccncc4)CC3)nc2)c(OC)n1. The van der Waals surface area contributed by atoms with Crippen LogP contribution in [-0.2, 0) is 0 Å². The van der Waals surface area contributed by atoms with Gasteiger partial charge in [-0.2, -0.15) is 4.98 Å². The minimum Gasteiger partial charge on any atom is -0.480 e. The average Bonchev–Trinajstić information content (AvgIpc) is 2.79. The standard InChI is InChI=1S/C20H22N6O2/c1-27-19-17(14-23-20(24-19)28-2)15-3-4-18(22-13-15)26-11-9-25(10-12-26)16-5-7-21-8-6-16/h3-8,13-14H,9-12H2,1-2H3. The Labute approximate surface area is 163 Å². The molecule has 0 unspecified atom stereocenters. The predicted molar refractivity (Wildman–Crippen MR) is 107 cm³/mol. The van der Waals surface area contributed by atoms with Crippen molar-refractivity contribution in [3.63, 3.8) is 0 Å². The molecule has 0 aromatic carbocycles. The van der Waals surface area contributed by atoms with Crippen LogP contribution in [0.5, 0.6) is 11.9 Å². The number of aromatic nitrogens is 4. The zero-order valence-electron chi connectivity index (χ0n) is 15.9. The van der Waals surface area contributed by atoms with E-state index in [0.717, 1.165) is 43.1 Å². The zero-order valence-corrected chi connectivity index (χ0v) is 15.9. The van der Waals surface area contributed by atoms with Gasteiger partial charge in [-0.05, 0) is 24.3 Å². The maximum Gasteiger partial charge on any atom is 0.319 e. The van der Waals surface area contributed by atoms with Gasteiger partial charge < -0.3 is 19.3 Å². The molecule has 0 saturated carbocycles. The number of anilines is 2. The summed E-state index contributed by atoms with van der Waals surface area (Å²) in [5.41, 5.74) is 2.90. The van der Waals surface area contributed by atoms with Crippen LogP contribution >= 0.6 is 0 Å². The summed E-state index contributed by atoms with van der Waals surface area (Å²) >= 11 is 0. The molecule has 0 amide bonds. The summed E-state index contributed by atoms with van der Waals surface area (Å²) < 4.78 is 10.4. The molecule has 4 rings (SSSR count). The van der Waals surface area contributed by atoms with E-state index in [1.807, 2.05) is 42.9 Å². The quantitative estimate of drug-likeness (QED) is 0.669. The number of rotatable bonds is 5. The van der Waals surface area contributed by atoms with Gasteiger partial charge in [-0.25, -0.2) is 9.97 Å². The van der Waals surface area contributed by atoms with E-state index < -0.39 is 0 Å². The first-order chi connectivity index (χ1) is 13.8. The second kappa shape index (κ2) is 8.08. The molecule has 1 aliphatic rings. The number of piperazine rings is 1. The molecule has 8 heteroatoms. The van der Waals surface area contributed by atoms with Gasteiger partial charge in [-0.1, -0.05) is 0 Å². The number of hydrogen-bond acceptors (Lipinski definition) is 8. The highest BCUT2D eigenvalue weighted by atomic mass is 16.5. The summed E-state index contributed by atoms with van der Waals surface area (Å²) in [5.74, 6) is 1.43. The molecule has 144 valence electrons. The highest BCUT2D eigenvalue weighted by molar-refractivity contribution is 5.68. The monoisotopic (exact) mass is 378 g/mol. The lowest BCUT2D eigenvalue weighted by molar-refractivity contribution is 0.353. The van der Waals surface area contributed by atoms with Crippen molar-refractivity contribution < 1.29 is 9.47 Å². The maximum atomic E-state index is 5.36. The first kappa shape index (κ1) is 18.0. The van der Waals surface area contributed by atoms with Gasteiger partial charge in [-0.15, -0.1) is 0 Å². The van der Waals surface area contributed by atoms with E-state index in [0.29, 0.717) is 5.88 Å². The summed E-state index contributed by atoms with van der Waals surface area (Å²) in [7, 11) is 3.11. The fourth-order valence-electron chi connectivity index (χ4n) is 3.28. The van der Waals surface area contributed by atoms with Crippen LogP contribution in [0.1, 0.15) is 0 Å². The summed E-state index contributed by atoms with van der Waals surface area (Å²) in [6.45, 7) is 3.74. The van der Waals surface area contributed by atoms with E-state index >= 15 is 0 Å². The molecular weight excluding hydrogens is 356 g/mol. The van der Waals surface area contributed by atoms with E-state index in [-0.39, 0.29) is 6.01 Å². The molecule has 0 bridgehead atoms. The Balaban J connectivity index is 1.46. The Bertz CT molecular complexity index is 912. The molecule has 4 heterocycles. The molecule has 8 nitrogen and oxygen atoms in total. The van der Waals surface area contributed by atoms with Crippen LogP contribution in [0, 0.1) is 0 Å². The summed E-state index contributed by atoms with van der Waals surface area (Å²) in [6.07, 6.45) is 7.19. The van der Waals surface area contributed by atoms with Gasteiger partial charge in [-0.3, -0.25) is 4.98 Å². The molecule has 0 spiro atoms. The molecule has 3 aromatic heterocycles. The van der Waals surface area contributed by atoms with Crippen molar-refractivity contribution in [2.45, 2.75) is 0 Å². The molecule has 1 aliphatic heterocycles. The third-order valence-corrected chi connectivity index (χ3v) is 4.80. The molecule has 28 heavy (non-hydrogen) atoms. The maximum absolute atomic E-state index is 5.36. The highest BCUT2D eigenvalue weighted by Crippen LogP contribution is 2.29. The van der Waals surface area contributed by atoms with Crippen LogP contribution in [0.15, 0.2) is 49.1 Å². The fraction of sp³-hybridized carbons (Fsp3) is 0.300. The van der Waals surface area contributed by atoms with Gasteiger partial charge in [0.25, 0.3) is 0 Å². The van der Waals surface area contributed by atoms with Crippen molar-refractivity contribution in [2.75, 3.05) is 50.2 Å². The molecule has 1 fully saturated rings. The Morgan fingerprint density at radius 3 is 2.21 bits per heavy atom. The lowest BCUT2D eigenvalue weighted by atomic mass is 10.1. The minimum absolute atomic E-state index is 0.275. The van der Waals surface area contributed by atoms with Crippen molar-refractivity contribution in [2.24, 2.45) is 0 Å². The number of methoxy groups -OCH3 is 2. The van der Waals surface area contributed by atoms with Gasteiger partial charge in [0.2, 0.25) is 5.88 Å². The van der Waals surface area contributed by atoms with Crippen LogP contribution in [0.3, 0.4) is 0 Å². The largest absolute Gasteiger partial charge is 0.480 e. The van der Waals surface area contributed by atoms with Crippen LogP contribution < -0.4 is 19.3 Å². The topological polar surface area (TPSA) is 76.5 Å². The van der Waals surface area contributed by atoms with Gasteiger partial charge in [0.15, 0.2) is 0 Å². The number of nitrogens with zero attached hydrogens (tertiary/aromatic N) is 6. The van der Waals surface area contributed by atoms with Gasteiger partial charge in [0.05, 0.1) is 19.8 Å². The summed E-state index contributed by atoms with van der Waals surface area (Å²) in [5, 5.41) is 0. The number of pyridine rings is 2. The van der Waals surface area contributed by atoms with E-state index in [1.54, 1.807) is 13.3 Å². The zero-order chi connectivity index (χ0) is 19.3.